The van der Waals surface area contributed by atoms with Crippen molar-refractivity contribution in [2.45, 2.75) is 70.1 Å². The van der Waals surface area contributed by atoms with E-state index >= 15 is 0 Å². The number of benzene rings is 1. The van der Waals surface area contributed by atoms with E-state index in [4.69, 9.17) is 14.2 Å². The van der Waals surface area contributed by atoms with Gasteiger partial charge in [0.1, 0.15) is 6.10 Å². The highest BCUT2D eigenvalue weighted by Gasteiger charge is 2.31. The molecule has 164 valence electrons. The highest BCUT2D eigenvalue weighted by molar-refractivity contribution is 6.01. The number of hydrogen-bond donors (Lipinski definition) is 0. The third kappa shape index (κ3) is 4.56. The number of hydrogen-bond acceptors (Lipinski definition) is 6. The molecule has 2 aliphatic heterocycles. The van der Waals surface area contributed by atoms with Crippen LogP contribution < -0.4 is 9.47 Å². The van der Waals surface area contributed by atoms with Crippen molar-refractivity contribution >= 4 is 11.9 Å². The van der Waals surface area contributed by atoms with Crippen molar-refractivity contribution in [2.75, 3.05) is 26.9 Å². The van der Waals surface area contributed by atoms with E-state index in [9.17, 15) is 9.59 Å². The first-order valence-electron chi connectivity index (χ1n) is 11.1. The molecule has 1 aliphatic carbocycles. The fourth-order valence-corrected chi connectivity index (χ4v) is 4.66. The van der Waals surface area contributed by atoms with Crippen molar-refractivity contribution in [1.29, 1.82) is 0 Å². The van der Waals surface area contributed by atoms with Crippen molar-refractivity contribution in [1.82, 2.24) is 9.80 Å². The van der Waals surface area contributed by atoms with Gasteiger partial charge in [-0.1, -0.05) is 6.42 Å². The molecular formula is C23H32N2O5. The van der Waals surface area contributed by atoms with Crippen LogP contribution in [-0.2, 0) is 4.74 Å². The fraction of sp³-hybridized carbons (Fsp3) is 0.652. The van der Waals surface area contributed by atoms with Gasteiger partial charge in [0.15, 0.2) is 17.3 Å². The molecule has 1 amide bonds. The Morgan fingerprint density at radius 3 is 2.50 bits per heavy atom. The number of likely N-dealkylation sites (N-methyl/N-ethyl adjacent to an activating group) is 1. The lowest BCUT2D eigenvalue weighted by atomic mass is 9.90. The number of carbonyl (C=O) groups is 2. The molecule has 1 saturated heterocycles. The zero-order valence-corrected chi connectivity index (χ0v) is 18.0. The van der Waals surface area contributed by atoms with Crippen molar-refractivity contribution in [3.63, 3.8) is 0 Å². The van der Waals surface area contributed by atoms with Crippen molar-refractivity contribution < 1.29 is 23.8 Å². The van der Waals surface area contributed by atoms with Gasteiger partial charge in [-0.2, -0.15) is 0 Å². The molecule has 7 nitrogen and oxygen atoms in total. The third-order valence-corrected chi connectivity index (χ3v) is 6.72. The second kappa shape index (κ2) is 9.25. The summed E-state index contributed by atoms with van der Waals surface area (Å²) < 4.78 is 16.4. The Hall–Kier alpha value is -2.28. The molecule has 0 radical (unpaired) electrons. The largest absolute Gasteiger partial charge is 0.454 e. The van der Waals surface area contributed by atoms with Crippen LogP contribution in [0.2, 0.25) is 0 Å². The van der Waals surface area contributed by atoms with Gasteiger partial charge in [-0.3, -0.25) is 4.79 Å². The van der Waals surface area contributed by atoms with Gasteiger partial charge in [-0.15, -0.1) is 0 Å². The lowest BCUT2D eigenvalue weighted by Crippen LogP contribution is -2.45. The maximum atomic E-state index is 12.8. The first-order valence-corrected chi connectivity index (χ1v) is 11.1. The predicted molar refractivity (Wildman–Crippen MR) is 112 cm³/mol. The number of fused-ring (bicyclic) bond motifs is 1. The minimum absolute atomic E-state index is 0.0613. The standard InChI is InChI=1S/C23H32N2O5/c1-16(22(26)17-6-11-20-21(14-17)29-15-28-20)24(2)23(27)30-19-9-7-18(8-10-19)25-12-4-3-5-13-25/h6,11,14,16,18-19H,3-5,7-10,12-13,15H2,1-2H3. The van der Waals surface area contributed by atoms with Crippen molar-refractivity contribution in [2.24, 2.45) is 0 Å². The molecule has 2 heterocycles. The summed E-state index contributed by atoms with van der Waals surface area (Å²) >= 11 is 0. The first kappa shape index (κ1) is 21.0. The molecule has 1 atom stereocenters. The summed E-state index contributed by atoms with van der Waals surface area (Å²) in [6.45, 7) is 4.30. The molecule has 0 bridgehead atoms. The highest BCUT2D eigenvalue weighted by atomic mass is 16.7. The van der Waals surface area contributed by atoms with Crippen molar-refractivity contribution in [3.8, 4) is 11.5 Å². The molecule has 30 heavy (non-hydrogen) atoms. The van der Waals surface area contributed by atoms with Crippen LogP contribution in [0.1, 0.15) is 62.2 Å². The maximum Gasteiger partial charge on any atom is 0.410 e. The van der Waals surface area contributed by atoms with Crippen LogP contribution in [0.25, 0.3) is 0 Å². The Morgan fingerprint density at radius 1 is 1.07 bits per heavy atom. The molecule has 0 N–H and O–H groups in total. The molecule has 7 heteroatoms. The maximum absolute atomic E-state index is 12.8. The summed E-state index contributed by atoms with van der Waals surface area (Å²) in [5.41, 5.74) is 0.494. The number of nitrogens with zero attached hydrogens (tertiary/aromatic N) is 2. The normalized spacial score (nSPS) is 24.9. The van der Waals surface area contributed by atoms with Crippen LogP contribution in [0.4, 0.5) is 4.79 Å². The smallest absolute Gasteiger partial charge is 0.410 e. The molecule has 1 aromatic rings. The first-order chi connectivity index (χ1) is 14.5. The number of likely N-dealkylation sites (tertiary alicyclic amines) is 1. The number of piperidine rings is 1. The van der Waals surface area contributed by atoms with Gasteiger partial charge in [0.25, 0.3) is 0 Å². The van der Waals surface area contributed by atoms with Crippen LogP contribution in [0.3, 0.4) is 0 Å². The Labute approximate surface area is 178 Å². The number of amides is 1. The molecule has 0 aromatic heterocycles. The fourth-order valence-electron chi connectivity index (χ4n) is 4.66. The number of ether oxygens (including phenoxy) is 3. The second-order valence-corrected chi connectivity index (χ2v) is 8.63. The van der Waals surface area contributed by atoms with E-state index in [1.165, 1.54) is 37.3 Å². The SMILES string of the molecule is CC(C(=O)c1ccc2c(c1)OCO2)N(C)C(=O)OC1CCC(N2CCCCC2)CC1. The minimum Gasteiger partial charge on any atom is -0.454 e. The van der Waals surface area contributed by atoms with Gasteiger partial charge in [-0.05, 0) is 76.7 Å². The Kier molecular flexibility index (Phi) is 6.46. The predicted octanol–water partition coefficient (Wildman–Crippen LogP) is 3.85. The monoisotopic (exact) mass is 416 g/mol. The summed E-state index contributed by atoms with van der Waals surface area (Å²) in [6, 6.07) is 5.10. The van der Waals surface area contributed by atoms with E-state index < -0.39 is 12.1 Å². The minimum atomic E-state index is -0.623. The molecular weight excluding hydrogens is 384 g/mol. The number of rotatable bonds is 5. The highest BCUT2D eigenvalue weighted by Crippen LogP contribution is 2.33. The molecule has 1 aromatic carbocycles. The van der Waals surface area contributed by atoms with E-state index in [0.29, 0.717) is 23.1 Å². The van der Waals surface area contributed by atoms with Crippen LogP contribution in [0, 0.1) is 0 Å². The number of Topliss-reactive ketones (excluding diaryl/α,β-unsaturated/α-hetero) is 1. The zero-order valence-electron chi connectivity index (χ0n) is 18.0. The lowest BCUT2D eigenvalue weighted by molar-refractivity contribution is 0.0229. The molecule has 4 rings (SSSR count). The molecule has 2 fully saturated rings. The van der Waals surface area contributed by atoms with E-state index in [1.807, 2.05) is 0 Å². The molecule has 1 unspecified atom stereocenters. The quantitative estimate of drug-likeness (QED) is 0.679. The van der Waals surface area contributed by atoms with E-state index in [1.54, 1.807) is 32.2 Å². The topological polar surface area (TPSA) is 68.3 Å². The summed E-state index contributed by atoms with van der Waals surface area (Å²) in [5.74, 6) is 1.04. The summed E-state index contributed by atoms with van der Waals surface area (Å²) in [4.78, 5) is 29.5. The molecule has 3 aliphatic rings. The summed E-state index contributed by atoms with van der Waals surface area (Å²) in [7, 11) is 1.62. The van der Waals surface area contributed by atoms with E-state index in [0.717, 1.165) is 25.7 Å². The van der Waals surface area contributed by atoms with Crippen LogP contribution in [0.5, 0.6) is 11.5 Å². The third-order valence-electron chi connectivity index (χ3n) is 6.72. The van der Waals surface area contributed by atoms with Gasteiger partial charge in [0, 0.05) is 18.7 Å². The lowest BCUT2D eigenvalue weighted by Gasteiger charge is -2.39. The zero-order chi connectivity index (χ0) is 21.1. The molecule has 0 spiro atoms. The summed E-state index contributed by atoms with van der Waals surface area (Å²) in [5, 5.41) is 0. The van der Waals surface area contributed by atoms with E-state index in [-0.39, 0.29) is 18.7 Å². The Bertz CT molecular complexity index is 769. The van der Waals surface area contributed by atoms with E-state index in [2.05, 4.69) is 4.90 Å². The van der Waals surface area contributed by atoms with Crippen LogP contribution in [-0.4, -0.2) is 66.8 Å². The molecule has 1 saturated carbocycles. The average Bonchev–Trinajstić information content (AvgIpc) is 3.26. The number of carbonyl (C=O) groups excluding carboxylic acids is 2. The van der Waals surface area contributed by atoms with Crippen LogP contribution in [0.15, 0.2) is 18.2 Å². The van der Waals surface area contributed by atoms with Gasteiger partial charge < -0.3 is 24.0 Å². The second-order valence-electron chi connectivity index (χ2n) is 8.63. The van der Waals surface area contributed by atoms with Crippen LogP contribution >= 0.6 is 0 Å². The van der Waals surface area contributed by atoms with Gasteiger partial charge in [0.2, 0.25) is 6.79 Å². The Balaban J connectivity index is 1.27. The van der Waals surface area contributed by atoms with Gasteiger partial charge >= 0.3 is 6.09 Å². The average molecular weight is 417 g/mol. The number of ketones is 1. The van der Waals surface area contributed by atoms with Crippen molar-refractivity contribution in [3.05, 3.63) is 23.8 Å². The summed E-state index contributed by atoms with van der Waals surface area (Å²) in [6.07, 6.45) is 7.40. The van der Waals surface area contributed by atoms with Gasteiger partial charge in [0.05, 0.1) is 6.04 Å². The van der Waals surface area contributed by atoms with Gasteiger partial charge in [-0.25, -0.2) is 4.79 Å². The Morgan fingerprint density at radius 2 is 1.77 bits per heavy atom.